The molecule has 1 saturated heterocycles. The van der Waals surface area contributed by atoms with E-state index in [9.17, 15) is 4.79 Å². The maximum atomic E-state index is 13.1. The number of nitrogens with zero attached hydrogens (tertiary/aromatic N) is 2. The van der Waals surface area contributed by atoms with E-state index in [0.717, 1.165) is 32.2 Å². The van der Waals surface area contributed by atoms with Crippen molar-refractivity contribution in [3.63, 3.8) is 0 Å². The van der Waals surface area contributed by atoms with Crippen LogP contribution in [0, 0.1) is 13.8 Å². The van der Waals surface area contributed by atoms with E-state index in [2.05, 4.69) is 54.7 Å². The van der Waals surface area contributed by atoms with Crippen LogP contribution in [0.1, 0.15) is 55.7 Å². The molecule has 1 aromatic carbocycles. The highest BCUT2D eigenvalue weighted by molar-refractivity contribution is 5.82. The topological polar surface area (TPSA) is 35.6 Å². The maximum absolute atomic E-state index is 13.1. The first-order valence-electron chi connectivity index (χ1n) is 9.99. The first kappa shape index (κ1) is 17.4. The summed E-state index contributed by atoms with van der Waals surface area (Å²) < 4.78 is 0. The Kier molecular flexibility index (Phi) is 3.87. The molecular weight excluding hydrogens is 322 g/mol. The van der Waals surface area contributed by atoms with E-state index >= 15 is 0 Å². The van der Waals surface area contributed by atoms with Gasteiger partial charge in [0.15, 0.2) is 0 Å². The van der Waals surface area contributed by atoms with Crippen molar-refractivity contribution < 1.29 is 4.79 Å². The number of likely N-dealkylation sites (N-methyl/N-ethyl adjacent to an activating group) is 1. The molecule has 2 aliphatic heterocycles. The minimum absolute atomic E-state index is 0.0677. The summed E-state index contributed by atoms with van der Waals surface area (Å²) in [7, 11) is 2.19. The minimum atomic E-state index is -0.319. The number of benzene rings is 1. The molecule has 0 radical (unpaired) electrons. The molecule has 0 aromatic heterocycles. The molecule has 1 saturated carbocycles. The van der Waals surface area contributed by atoms with Crippen LogP contribution in [0.3, 0.4) is 0 Å². The predicted molar refractivity (Wildman–Crippen MR) is 107 cm³/mol. The predicted octanol–water partition coefficient (Wildman–Crippen LogP) is 4.25. The summed E-state index contributed by atoms with van der Waals surface area (Å²) in [6, 6.07) is 4.66. The minimum Gasteiger partial charge on any atom is -0.350 e. The van der Waals surface area contributed by atoms with Gasteiger partial charge in [-0.1, -0.05) is 18.2 Å². The number of carbonyl (C=O) groups excluding carboxylic acids is 1. The second-order valence-electron chi connectivity index (χ2n) is 8.30. The van der Waals surface area contributed by atoms with E-state index in [1.54, 1.807) is 0 Å². The standard InChI is InChI=1S/C22H31N3O/c1-6-23-20(26)25-12-11-21-17(4)9-7-8-10-22(21,25)24(5)18-14-15(2)13-16(3)19(18)21/h13-14H,4,6-12H2,1-3,5H3,(H,23,26)/t21-,22+/m0/s1. The molecule has 1 aromatic rings. The molecule has 140 valence electrons. The van der Waals surface area contributed by atoms with Gasteiger partial charge in [0.2, 0.25) is 0 Å². The Morgan fingerprint density at radius 1 is 1.27 bits per heavy atom. The van der Waals surface area contributed by atoms with Crippen molar-refractivity contribution in [2.75, 3.05) is 25.0 Å². The molecule has 0 bridgehead atoms. The van der Waals surface area contributed by atoms with E-state index in [0.29, 0.717) is 6.54 Å². The van der Waals surface area contributed by atoms with Crippen LogP contribution in [0.5, 0.6) is 0 Å². The molecule has 4 rings (SSSR count). The Bertz CT molecular complexity index is 786. The van der Waals surface area contributed by atoms with Crippen LogP contribution in [0.15, 0.2) is 24.3 Å². The Labute approximate surface area is 157 Å². The monoisotopic (exact) mass is 353 g/mol. The number of hydrogen-bond acceptors (Lipinski definition) is 2. The second kappa shape index (κ2) is 5.77. The van der Waals surface area contributed by atoms with Gasteiger partial charge in [-0.2, -0.15) is 0 Å². The van der Waals surface area contributed by atoms with Crippen LogP contribution in [0.4, 0.5) is 10.5 Å². The highest BCUT2D eigenvalue weighted by Crippen LogP contribution is 2.65. The normalized spacial score (nSPS) is 29.9. The van der Waals surface area contributed by atoms with Crippen molar-refractivity contribution in [3.05, 3.63) is 41.0 Å². The van der Waals surface area contributed by atoms with Crippen LogP contribution in [0.2, 0.25) is 0 Å². The third-order valence-electron chi connectivity index (χ3n) is 7.07. The number of rotatable bonds is 1. The number of likely N-dealkylation sites (tertiary alicyclic amines) is 1. The average molecular weight is 354 g/mol. The maximum Gasteiger partial charge on any atom is 0.319 e. The number of aryl methyl sites for hydroxylation is 2. The van der Waals surface area contributed by atoms with Gasteiger partial charge in [-0.3, -0.25) is 0 Å². The zero-order valence-electron chi connectivity index (χ0n) is 16.6. The van der Waals surface area contributed by atoms with Gasteiger partial charge in [-0.25, -0.2) is 4.79 Å². The lowest BCUT2D eigenvalue weighted by atomic mass is 9.65. The van der Waals surface area contributed by atoms with E-state index in [1.165, 1.54) is 34.4 Å². The van der Waals surface area contributed by atoms with Crippen LogP contribution in [-0.2, 0) is 5.41 Å². The lowest BCUT2D eigenvalue weighted by Gasteiger charge is -2.49. The van der Waals surface area contributed by atoms with Gasteiger partial charge in [0.05, 0.1) is 5.41 Å². The molecule has 2 heterocycles. The van der Waals surface area contributed by atoms with Crippen molar-refractivity contribution in [2.24, 2.45) is 0 Å². The van der Waals surface area contributed by atoms with Gasteiger partial charge < -0.3 is 15.1 Å². The van der Waals surface area contributed by atoms with E-state index < -0.39 is 0 Å². The van der Waals surface area contributed by atoms with Gasteiger partial charge in [0.25, 0.3) is 0 Å². The second-order valence-corrected chi connectivity index (χ2v) is 8.30. The zero-order valence-corrected chi connectivity index (χ0v) is 16.6. The molecule has 3 aliphatic rings. The van der Waals surface area contributed by atoms with Crippen molar-refractivity contribution in [1.82, 2.24) is 10.2 Å². The number of urea groups is 1. The Morgan fingerprint density at radius 3 is 2.77 bits per heavy atom. The highest BCUT2D eigenvalue weighted by Gasteiger charge is 2.69. The third kappa shape index (κ3) is 1.88. The van der Waals surface area contributed by atoms with Crippen molar-refractivity contribution in [1.29, 1.82) is 0 Å². The molecular formula is C22H31N3O. The Morgan fingerprint density at radius 2 is 2.04 bits per heavy atom. The van der Waals surface area contributed by atoms with Crippen LogP contribution < -0.4 is 10.2 Å². The summed E-state index contributed by atoms with van der Waals surface area (Å²) in [4.78, 5) is 17.6. The summed E-state index contributed by atoms with van der Waals surface area (Å²) in [6.45, 7) is 12.4. The van der Waals surface area contributed by atoms with E-state index in [-0.39, 0.29) is 17.1 Å². The van der Waals surface area contributed by atoms with Gasteiger partial charge in [0.1, 0.15) is 5.66 Å². The molecule has 2 amide bonds. The van der Waals surface area contributed by atoms with Crippen molar-refractivity contribution >= 4 is 11.7 Å². The first-order valence-corrected chi connectivity index (χ1v) is 9.99. The highest BCUT2D eigenvalue weighted by atomic mass is 16.2. The fraction of sp³-hybridized carbons (Fsp3) is 0.591. The number of carbonyl (C=O) groups is 1. The van der Waals surface area contributed by atoms with Crippen molar-refractivity contribution in [2.45, 2.75) is 64.0 Å². The number of anilines is 1. The summed E-state index contributed by atoms with van der Waals surface area (Å²) in [5, 5.41) is 3.06. The molecule has 4 nitrogen and oxygen atoms in total. The Balaban J connectivity index is 2.00. The molecule has 2 atom stereocenters. The summed E-state index contributed by atoms with van der Waals surface area (Å²) >= 11 is 0. The van der Waals surface area contributed by atoms with Gasteiger partial charge in [0, 0.05) is 25.8 Å². The SMILES string of the molecule is C=C1CCCC[C@@]23N(C(=O)NCC)CC[C@@]12c1c(C)cc(C)cc1N3C. The molecule has 1 aliphatic carbocycles. The van der Waals surface area contributed by atoms with Gasteiger partial charge in [-0.15, -0.1) is 0 Å². The third-order valence-corrected chi connectivity index (χ3v) is 7.07. The summed E-state index contributed by atoms with van der Waals surface area (Å²) in [5.74, 6) is 0. The molecule has 0 unspecified atom stereocenters. The first-order chi connectivity index (χ1) is 12.4. The fourth-order valence-corrected chi connectivity index (χ4v) is 6.24. The summed E-state index contributed by atoms with van der Waals surface area (Å²) in [5.41, 5.74) is 6.19. The van der Waals surface area contributed by atoms with Gasteiger partial charge in [-0.05, 0) is 75.6 Å². The quantitative estimate of drug-likeness (QED) is 0.766. The average Bonchev–Trinajstić information content (AvgIpc) is 2.97. The lowest BCUT2D eigenvalue weighted by Crippen LogP contribution is -2.65. The van der Waals surface area contributed by atoms with E-state index in [1.807, 2.05) is 6.92 Å². The molecule has 26 heavy (non-hydrogen) atoms. The zero-order chi connectivity index (χ0) is 18.7. The van der Waals surface area contributed by atoms with Crippen LogP contribution >= 0.6 is 0 Å². The fourth-order valence-electron chi connectivity index (χ4n) is 6.24. The Hall–Kier alpha value is -1.97. The number of nitrogens with one attached hydrogen (secondary N) is 1. The van der Waals surface area contributed by atoms with E-state index in [4.69, 9.17) is 0 Å². The lowest BCUT2D eigenvalue weighted by molar-refractivity contribution is 0.116. The largest absolute Gasteiger partial charge is 0.350 e. The summed E-state index contributed by atoms with van der Waals surface area (Å²) in [6.07, 6.45) is 5.34. The van der Waals surface area contributed by atoms with Crippen molar-refractivity contribution in [3.8, 4) is 0 Å². The molecule has 2 fully saturated rings. The van der Waals surface area contributed by atoms with Crippen LogP contribution in [-0.4, -0.2) is 36.7 Å². The number of amides is 2. The molecule has 0 spiro atoms. The van der Waals surface area contributed by atoms with Crippen LogP contribution in [0.25, 0.3) is 0 Å². The van der Waals surface area contributed by atoms with Gasteiger partial charge >= 0.3 is 6.03 Å². The smallest absolute Gasteiger partial charge is 0.319 e. The number of hydrogen-bond donors (Lipinski definition) is 1. The molecule has 1 N–H and O–H groups in total. The number of fused-ring (bicyclic) bond motifs is 1. The molecule has 4 heteroatoms.